The van der Waals surface area contributed by atoms with Gasteiger partial charge in [-0.25, -0.2) is 9.97 Å². The Morgan fingerprint density at radius 1 is 1.12 bits per heavy atom. The van der Waals surface area contributed by atoms with Gasteiger partial charge >= 0.3 is 0 Å². The molecule has 1 atom stereocenters. The first kappa shape index (κ1) is 12.9. The van der Waals surface area contributed by atoms with Crippen LogP contribution in [0.1, 0.15) is 64.1 Å². The van der Waals surface area contributed by atoms with Crippen molar-refractivity contribution in [1.82, 2.24) is 9.97 Å². The van der Waals surface area contributed by atoms with E-state index in [1.165, 1.54) is 32.1 Å². The van der Waals surface area contributed by atoms with E-state index < -0.39 is 0 Å². The fraction of sp³-hybridized carbons (Fsp3) is 0.692. The molecular weight excluding hydrogens is 198 g/mol. The van der Waals surface area contributed by atoms with E-state index in [4.69, 9.17) is 5.73 Å². The van der Waals surface area contributed by atoms with Crippen LogP contribution in [0.4, 0.5) is 5.69 Å². The molecule has 3 heteroatoms. The minimum absolute atomic E-state index is 0.498. The predicted octanol–water partition coefficient (Wildman–Crippen LogP) is 3.52. The monoisotopic (exact) mass is 221 g/mol. The summed E-state index contributed by atoms with van der Waals surface area (Å²) >= 11 is 0. The van der Waals surface area contributed by atoms with Crippen molar-refractivity contribution in [2.24, 2.45) is 0 Å². The molecule has 0 aliphatic heterocycles. The third-order valence-corrected chi connectivity index (χ3v) is 2.96. The molecule has 1 unspecified atom stereocenters. The number of nitrogens with zero attached hydrogens (tertiary/aromatic N) is 2. The van der Waals surface area contributed by atoms with Gasteiger partial charge < -0.3 is 5.73 Å². The Bertz CT molecular complexity index is 282. The summed E-state index contributed by atoms with van der Waals surface area (Å²) in [4.78, 5) is 8.62. The molecular formula is C13H23N3. The smallest absolute Gasteiger partial charge is 0.131 e. The van der Waals surface area contributed by atoms with Gasteiger partial charge in [-0.15, -0.1) is 0 Å². The average molecular weight is 221 g/mol. The molecule has 0 radical (unpaired) electrons. The number of nitrogens with two attached hydrogens (primary N) is 1. The van der Waals surface area contributed by atoms with Gasteiger partial charge in [0.15, 0.2) is 0 Å². The van der Waals surface area contributed by atoms with Crippen LogP contribution >= 0.6 is 0 Å². The first-order valence-corrected chi connectivity index (χ1v) is 6.35. The summed E-state index contributed by atoms with van der Waals surface area (Å²) in [6.07, 6.45) is 10.9. The highest BCUT2D eigenvalue weighted by Gasteiger charge is 2.11. The number of anilines is 1. The molecule has 16 heavy (non-hydrogen) atoms. The summed E-state index contributed by atoms with van der Waals surface area (Å²) in [6, 6.07) is 0. The van der Waals surface area contributed by atoms with Crippen LogP contribution in [0.15, 0.2) is 12.4 Å². The maximum atomic E-state index is 5.58. The van der Waals surface area contributed by atoms with Crippen LogP contribution in [-0.2, 0) is 0 Å². The Balaban J connectivity index is 2.44. The van der Waals surface area contributed by atoms with Crippen LogP contribution in [-0.4, -0.2) is 9.97 Å². The number of hydrogen-bond acceptors (Lipinski definition) is 3. The largest absolute Gasteiger partial charge is 0.396 e. The number of aromatic nitrogens is 2. The molecule has 1 aromatic heterocycles. The third kappa shape index (κ3) is 4.17. The van der Waals surface area contributed by atoms with Gasteiger partial charge in [-0.3, -0.25) is 0 Å². The molecule has 0 spiro atoms. The Morgan fingerprint density at radius 3 is 2.38 bits per heavy atom. The highest BCUT2D eigenvalue weighted by atomic mass is 14.9. The number of hydrogen-bond donors (Lipinski definition) is 1. The van der Waals surface area contributed by atoms with Crippen molar-refractivity contribution in [3.8, 4) is 0 Å². The number of nitrogen functional groups attached to an aromatic ring is 1. The Morgan fingerprint density at radius 2 is 1.81 bits per heavy atom. The van der Waals surface area contributed by atoms with E-state index in [0.29, 0.717) is 11.6 Å². The quantitative estimate of drug-likeness (QED) is 0.717. The van der Waals surface area contributed by atoms with Crippen LogP contribution in [0, 0.1) is 0 Å². The summed E-state index contributed by atoms with van der Waals surface area (Å²) in [5.41, 5.74) is 6.23. The van der Waals surface area contributed by atoms with Gasteiger partial charge in [0, 0.05) is 5.92 Å². The van der Waals surface area contributed by atoms with Gasteiger partial charge in [-0.1, -0.05) is 39.5 Å². The van der Waals surface area contributed by atoms with Gasteiger partial charge in [0.1, 0.15) is 5.82 Å². The van der Waals surface area contributed by atoms with Crippen LogP contribution in [0.3, 0.4) is 0 Å². The minimum Gasteiger partial charge on any atom is -0.396 e. The molecule has 0 saturated heterocycles. The van der Waals surface area contributed by atoms with Crippen molar-refractivity contribution in [3.63, 3.8) is 0 Å². The molecule has 0 aliphatic carbocycles. The maximum Gasteiger partial charge on any atom is 0.131 e. The standard InChI is InChI=1S/C13H23N3/c1-3-5-6-7-8-11(4-2)13-15-9-12(14)10-16-13/h9-11H,3-8,14H2,1-2H3. The molecule has 1 rings (SSSR count). The van der Waals surface area contributed by atoms with E-state index in [9.17, 15) is 0 Å². The van der Waals surface area contributed by atoms with Gasteiger partial charge in [0.25, 0.3) is 0 Å². The molecule has 90 valence electrons. The first-order chi connectivity index (χ1) is 7.77. The number of unbranched alkanes of at least 4 members (excludes halogenated alkanes) is 3. The zero-order valence-corrected chi connectivity index (χ0v) is 10.4. The van der Waals surface area contributed by atoms with Gasteiger partial charge in [-0.2, -0.15) is 0 Å². The second-order valence-corrected chi connectivity index (χ2v) is 4.33. The minimum atomic E-state index is 0.498. The molecule has 0 saturated carbocycles. The van der Waals surface area contributed by atoms with Crippen molar-refractivity contribution in [2.45, 2.75) is 58.3 Å². The van der Waals surface area contributed by atoms with Gasteiger partial charge in [0.05, 0.1) is 18.1 Å². The van der Waals surface area contributed by atoms with Crippen LogP contribution in [0.2, 0.25) is 0 Å². The van der Waals surface area contributed by atoms with Crippen LogP contribution < -0.4 is 5.73 Å². The molecule has 0 bridgehead atoms. The lowest BCUT2D eigenvalue weighted by atomic mass is 9.97. The maximum absolute atomic E-state index is 5.58. The molecule has 0 fully saturated rings. The van der Waals surface area contributed by atoms with E-state index in [1.807, 2.05) is 0 Å². The van der Waals surface area contributed by atoms with Crippen molar-refractivity contribution >= 4 is 5.69 Å². The number of rotatable bonds is 7. The van der Waals surface area contributed by atoms with E-state index in [1.54, 1.807) is 12.4 Å². The zero-order chi connectivity index (χ0) is 11.8. The third-order valence-electron chi connectivity index (χ3n) is 2.96. The van der Waals surface area contributed by atoms with Crippen molar-refractivity contribution in [2.75, 3.05) is 5.73 Å². The zero-order valence-electron chi connectivity index (χ0n) is 10.4. The van der Waals surface area contributed by atoms with E-state index >= 15 is 0 Å². The second kappa shape index (κ2) is 7.20. The second-order valence-electron chi connectivity index (χ2n) is 4.33. The highest BCUT2D eigenvalue weighted by Crippen LogP contribution is 2.22. The first-order valence-electron chi connectivity index (χ1n) is 6.35. The molecule has 2 N–H and O–H groups in total. The lowest BCUT2D eigenvalue weighted by Crippen LogP contribution is -2.04. The Labute approximate surface area is 98.5 Å². The summed E-state index contributed by atoms with van der Waals surface area (Å²) in [7, 11) is 0. The van der Waals surface area contributed by atoms with Crippen molar-refractivity contribution in [3.05, 3.63) is 18.2 Å². The summed E-state index contributed by atoms with van der Waals surface area (Å²) in [5.74, 6) is 1.45. The Hall–Kier alpha value is -1.12. The van der Waals surface area contributed by atoms with Gasteiger partial charge in [-0.05, 0) is 12.8 Å². The van der Waals surface area contributed by atoms with Crippen LogP contribution in [0.5, 0.6) is 0 Å². The van der Waals surface area contributed by atoms with E-state index in [0.717, 1.165) is 12.2 Å². The molecule has 0 amide bonds. The SMILES string of the molecule is CCCCCCC(CC)c1ncc(N)cn1. The Kier molecular flexibility index (Phi) is 5.83. The predicted molar refractivity (Wildman–Crippen MR) is 68.2 cm³/mol. The summed E-state index contributed by atoms with van der Waals surface area (Å²) < 4.78 is 0. The van der Waals surface area contributed by atoms with E-state index in [2.05, 4.69) is 23.8 Å². The van der Waals surface area contributed by atoms with Gasteiger partial charge in [0.2, 0.25) is 0 Å². The topological polar surface area (TPSA) is 51.8 Å². The van der Waals surface area contributed by atoms with Crippen LogP contribution in [0.25, 0.3) is 0 Å². The molecule has 0 aliphatic rings. The van der Waals surface area contributed by atoms with Crippen molar-refractivity contribution < 1.29 is 0 Å². The molecule has 0 aromatic carbocycles. The molecule has 3 nitrogen and oxygen atoms in total. The van der Waals surface area contributed by atoms with Crippen molar-refractivity contribution in [1.29, 1.82) is 0 Å². The fourth-order valence-electron chi connectivity index (χ4n) is 1.89. The van der Waals surface area contributed by atoms with E-state index in [-0.39, 0.29) is 0 Å². The fourth-order valence-corrected chi connectivity index (χ4v) is 1.89. The summed E-state index contributed by atoms with van der Waals surface area (Å²) in [5, 5.41) is 0. The molecule has 1 heterocycles. The highest BCUT2D eigenvalue weighted by molar-refractivity contribution is 5.30. The molecule has 1 aromatic rings. The lowest BCUT2D eigenvalue weighted by Gasteiger charge is -2.12. The lowest BCUT2D eigenvalue weighted by molar-refractivity contribution is 0.522. The normalized spacial score (nSPS) is 12.6. The average Bonchev–Trinajstić information content (AvgIpc) is 2.31. The summed E-state index contributed by atoms with van der Waals surface area (Å²) in [6.45, 7) is 4.44.